The van der Waals surface area contributed by atoms with E-state index < -0.39 is 33.5 Å². The molecule has 52 heavy (non-hydrogen) atoms. The molecule has 1 unspecified atom stereocenters. The normalized spacial score (nSPS) is 12.3. The van der Waals surface area contributed by atoms with E-state index in [4.69, 9.17) is 37.4 Å². The number of nitrogens with zero attached hydrogens (tertiary/aromatic N) is 8. The number of amides is 2. The number of nitrogens with one attached hydrogen (secondary N) is 2. The van der Waals surface area contributed by atoms with E-state index in [0.29, 0.717) is 0 Å². The molecule has 0 heterocycles. The highest BCUT2D eigenvalue weighted by molar-refractivity contribution is 6.33. The van der Waals surface area contributed by atoms with E-state index in [1.165, 1.54) is 51.5 Å². The van der Waals surface area contributed by atoms with Crippen LogP contribution in [0.3, 0.4) is 0 Å². The van der Waals surface area contributed by atoms with E-state index in [1.807, 2.05) is 0 Å². The SMILES string of the molecule is COC=Nc1cc(NC(=O)C(N=Nc2ccc([N+](=O)[O-])cc2Cl)C(C)=O)c(NC(C)=O)cc1N=COC(=COC)N=Nc1ccc([N+](=O)[O-])cc1Cl. The van der Waals surface area contributed by atoms with Crippen LogP contribution in [0.5, 0.6) is 0 Å². The zero-order chi connectivity index (χ0) is 38.4. The van der Waals surface area contributed by atoms with Crippen LogP contribution in [0.15, 0.2) is 91.1 Å². The Hall–Kier alpha value is -6.67. The van der Waals surface area contributed by atoms with Crippen molar-refractivity contribution in [3.63, 3.8) is 0 Å². The molecule has 3 aromatic rings. The Morgan fingerprint density at radius 1 is 0.769 bits per heavy atom. The number of hydrogen-bond donors (Lipinski definition) is 2. The van der Waals surface area contributed by atoms with Crippen molar-refractivity contribution in [1.29, 1.82) is 0 Å². The van der Waals surface area contributed by atoms with Crippen molar-refractivity contribution in [1.82, 2.24) is 0 Å². The van der Waals surface area contributed by atoms with Gasteiger partial charge in [0.25, 0.3) is 23.2 Å². The number of rotatable bonds is 16. The van der Waals surface area contributed by atoms with Gasteiger partial charge in [-0.15, -0.1) is 10.2 Å². The molecular weight excluding hydrogens is 731 g/mol. The van der Waals surface area contributed by atoms with Crippen LogP contribution in [0, 0.1) is 20.2 Å². The molecule has 0 aliphatic heterocycles. The highest BCUT2D eigenvalue weighted by Crippen LogP contribution is 2.38. The molecule has 22 heteroatoms. The first-order chi connectivity index (χ1) is 24.7. The van der Waals surface area contributed by atoms with Gasteiger partial charge in [-0.1, -0.05) is 23.2 Å². The standard InChI is InChI=1S/C30H26Cl2N10O10/c1-16(43)29(40-38-23-8-6-19(42(48)49)10-21(23)32)30(45)36-27-12-24(33-14-51-4)25(11-26(27)35-17(2)44)34-15-52-28(13-50-3)39-37-22-7-5-18(41(46)47)9-20(22)31/h5-15,29H,1-4H3,(H,35,44)(H,36,45). The fraction of sp³-hybridized carbons (Fsp3) is 0.167. The number of benzene rings is 3. The number of nitro groups is 2. The van der Waals surface area contributed by atoms with Gasteiger partial charge in [0, 0.05) is 31.2 Å². The van der Waals surface area contributed by atoms with Crippen molar-refractivity contribution in [2.75, 3.05) is 24.9 Å². The monoisotopic (exact) mass is 756 g/mol. The maximum absolute atomic E-state index is 13.3. The number of carbonyl (C=O) groups excluding carboxylic acids is 3. The van der Waals surface area contributed by atoms with E-state index in [9.17, 15) is 34.6 Å². The molecule has 0 aliphatic rings. The van der Waals surface area contributed by atoms with Crippen molar-refractivity contribution in [2.45, 2.75) is 19.9 Å². The molecule has 3 aromatic carbocycles. The van der Waals surface area contributed by atoms with Gasteiger partial charge in [0.05, 0.1) is 56.9 Å². The Kier molecular flexibility index (Phi) is 14.5. The molecule has 2 amide bonds. The largest absolute Gasteiger partial charge is 0.499 e. The summed E-state index contributed by atoms with van der Waals surface area (Å²) in [5.41, 5.74) is -0.374. The Bertz CT molecular complexity index is 2040. The molecule has 0 saturated carbocycles. The number of carbonyl (C=O) groups is 3. The van der Waals surface area contributed by atoms with Crippen molar-refractivity contribution < 1.29 is 38.4 Å². The molecule has 0 aromatic heterocycles. The number of aliphatic imine (C=N–C) groups is 2. The van der Waals surface area contributed by atoms with Crippen molar-refractivity contribution in [2.24, 2.45) is 30.4 Å². The lowest BCUT2D eigenvalue weighted by atomic mass is 10.1. The quantitative estimate of drug-likeness (QED) is 0.0274. The van der Waals surface area contributed by atoms with E-state index in [-0.39, 0.29) is 61.4 Å². The van der Waals surface area contributed by atoms with Gasteiger partial charge < -0.3 is 24.8 Å². The van der Waals surface area contributed by atoms with Crippen LogP contribution in [-0.4, -0.2) is 60.5 Å². The van der Waals surface area contributed by atoms with Crippen LogP contribution in [-0.2, 0) is 28.6 Å². The summed E-state index contributed by atoms with van der Waals surface area (Å²) in [6, 6.07) is 7.84. The second-order valence-corrected chi connectivity index (χ2v) is 10.6. The third-order valence-corrected chi connectivity index (χ3v) is 6.62. The zero-order valence-electron chi connectivity index (χ0n) is 27.3. The van der Waals surface area contributed by atoms with Crippen molar-refractivity contribution in [3.8, 4) is 0 Å². The van der Waals surface area contributed by atoms with Gasteiger partial charge in [0.1, 0.15) is 17.6 Å². The first kappa shape index (κ1) is 39.8. The maximum atomic E-state index is 13.3. The highest BCUT2D eigenvalue weighted by atomic mass is 35.5. The van der Waals surface area contributed by atoms with E-state index in [0.717, 1.165) is 44.2 Å². The summed E-state index contributed by atoms with van der Waals surface area (Å²) in [7, 11) is 2.63. The number of non-ortho nitro benzene ring substituents is 2. The van der Waals surface area contributed by atoms with E-state index >= 15 is 0 Å². The number of methoxy groups -OCH3 is 2. The van der Waals surface area contributed by atoms with Gasteiger partial charge in [-0.05, 0) is 31.2 Å². The Morgan fingerprint density at radius 2 is 1.31 bits per heavy atom. The van der Waals surface area contributed by atoms with Gasteiger partial charge in [-0.2, -0.15) is 10.2 Å². The smallest absolute Gasteiger partial charge is 0.274 e. The molecule has 20 nitrogen and oxygen atoms in total. The molecule has 2 N–H and O–H groups in total. The lowest BCUT2D eigenvalue weighted by Crippen LogP contribution is -2.32. The first-order valence-electron chi connectivity index (χ1n) is 14.2. The van der Waals surface area contributed by atoms with Crippen LogP contribution < -0.4 is 10.6 Å². The van der Waals surface area contributed by atoms with E-state index in [2.05, 4.69) is 41.1 Å². The highest BCUT2D eigenvalue weighted by Gasteiger charge is 2.25. The van der Waals surface area contributed by atoms with Crippen molar-refractivity contribution in [3.05, 3.63) is 91.0 Å². The summed E-state index contributed by atoms with van der Waals surface area (Å²) in [6.07, 6.45) is 3.05. The summed E-state index contributed by atoms with van der Waals surface area (Å²) < 4.78 is 15.3. The van der Waals surface area contributed by atoms with Gasteiger partial charge in [0.15, 0.2) is 18.6 Å². The van der Waals surface area contributed by atoms with Crippen LogP contribution in [0.1, 0.15) is 13.8 Å². The summed E-state index contributed by atoms with van der Waals surface area (Å²) in [5, 5.41) is 42.2. The molecular formula is C30H26Cl2N10O10. The number of halogens is 2. The number of hydrogen-bond acceptors (Lipinski definition) is 16. The average Bonchev–Trinajstić information content (AvgIpc) is 3.08. The van der Waals surface area contributed by atoms with Crippen molar-refractivity contribution >= 4 is 99.1 Å². The zero-order valence-corrected chi connectivity index (χ0v) is 28.9. The number of Topliss-reactive ketones (excluding diaryl/α,β-unsaturated/α-hetero) is 1. The fourth-order valence-corrected chi connectivity index (χ4v) is 4.15. The minimum atomic E-state index is -1.70. The van der Waals surface area contributed by atoms with Crippen LogP contribution in [0.4, 0.5) is 45.5 Å². The predicted octanol–water partition coefficient (Wildman–Crippen LogP) is 7.66. The van der Waals surface area contributed by atoms with Crippen LogP contribution >= 0.6 is 23.2 Å². The molecule has 3 rings (SSSR count). The third kappa shape index (κ3) is 11.5. The average molecular weight is 758 g/mol. The molecule has 0 aliphatic carbocycles. The molecule has 0 bridgehead atoms. The van der Waals surface area contributed by atoms with Gasteiger partial charge >= 0.3 is 0 Å². The third-order valence-electron chi connectivity index (χ3n) is 6.02. The summed E-state index contributed by atoms with van der Waals surface area (Å²) in [5.74, 6) is -2.45. The Labute approximate surface area is 303 Å². The van der Waals surface area contributed by atoms with Crippen LogP contribution in [0.2, 0.25) is 10.0 Å². The lowest BCUT2D eigenvalue weighted by molar-refractivity contribution is -0.385. The molecule has 0 fully saturated rings. The maximum Gasteiger partial charge on any atom is 0.274 e. The first-order valence-corrected chi connectivity index (χ1v) is 14.9. The minimum Gasteiger partial charge on any atom is -0.499 e. The number of azo groups is 2. The second-order valence-electron chi connectivity index (χ2n) is 9.79. The fourth-order valence-electron chi connectivity index (χ4n) is 3.73. The molecule has 0 spiro atoms. The predicted molar refractivity (Wildman–Crippen MR) is 189 cm³/mol. The topological polar surface area (TPSA) is 263 Å². The Balaban J connectivity index is 1.93. The molecule has 270 valence electrons. The van der Waals surface area contributed by atoms with Gasteiger partial charge in [-0.25, -0.2) is 9.98 Å². The van der Waals surface area contributed by atoms with E-state index in [1.54, 1.807) is 0 Å². The summed E-state index contributed by atoms with van der Waals surface area (Å²) in [6.45, 7) is 2.30. The molecule has 1 atom stereocenters. The summed E-state index contributed by atoms with van der Waals surface area (Å²) >= 11 is 12.1. The number of nitro benzene ring substituents is 2. The minimum absolute atomic E-state index is 0.0159. The molecule has 0 radical (unpaired) electrons. The Morgan fingerprint density at radius 3 is 1.79 bits per heavy atom. The molecule has 0 saturated heterocycles. The second kappa shape index (κ2) is 18.9. The number of ether oxygens (including phenoxy) is 3. The van der Waals surface area contributed by atoms with Crippen LogP contribution in [0.25, 0.3) is 0 Å². The number of anilines is 2. The summed E-state index contributed by atoms with van der Waals surface area (Å²) in [4.78, 5) is 66.8. The lowest BCUT2D eigenvalue weighted by Gasteiger charge is -2.15. The van der Waals surface area contributed by atoms with Gasteiger partial charge in [-0.3, -0.25) is 34.6 Å². The number of ketones is 1. The van der Waals surface area contributed by atoms with Gasteiger partial charge in [0.2, 0.25) is 11.9 Å².